The highest BCUT2D eigenvalue weighted by Gasteiger charge is 2.27. The van der Waals surface area contributed by atoms with E-state index in [1.807, 2.05) is 49.4 Å². The molecule has 0 aliphatic carbocycles. The smallest absolute Gasteiger partial charge is 0.262 e. The number of amides is 1. The molecule has 4 rings (SSSR count). The van der Waals surface area contributed by atoms with E-state index in [1.54, 1.807) is 6.08 Å². The number of aryl methyl sites for hydroxylation is 1. The molecule has 1 fully saturated rings. The number of fused-ring (bicyclic) bond motifs is 1. The average molecular weight is 453 g/mol. The zero-order valence-corrected chi connectivity index (χ0v) is 19.1. The number of carbonyl (C=O) groups excluding carboxylic acids is 1. The maximum Gasteiger partial charge on any atom is 0.262 e. The van der Waals surface area contributed by atoms with E-state index in [2.05, 4.69) is 16.8 Å². The van der Waals surface area contributed by atoms with Crippen LogP contribution in [0.4, 0.5) is 0 Å². The van der Waals surface area contributed by atoms with Gasteiger partial charge in [-0.1, -0.05) is 24.3 Å². The molecule has 0 bridgehead atoms. The fourth-order valence-corrected chi connectivity index (χ4v) is 4.13. The molecule has 1 N–H and O–H groups in total. The van der Waals surface area contributed by atoms with E-state index < -0.39 is 6.10 Å². The second-order valence-electron chi connectivity index (χ2n) is 8.47. The molecular weight excluding hydrogens is 420 g/mol. The van der Waals surface area contributed by atoms with Crippen molar-refractivity contribution in [3.05, 3.63) is 66.2 Å². The second kappa shape index (κ2) is 11.2. The number of ether oxygens (including phenoxy) is 4. The van der Waals surface area contributed by atoms with E-state index >= 15 is 0 Å². The lowest BCUT2D eigenvalue weighted by molar-refractivity contribution is -0.129. The van der Waals surface area contributed by atoms with Gasteiger partial charge in [-0.2, -0.15) is 0 Å². The largest absolute Gasteiger partial charge is 0.479 e. The molecule has 1 saturated heterocycles. The van der Waals surface area contributed by atoms with Crippen LogP contribution in [-0.4, -0.2) is 56.0 Å². The number of nitrogens with one attached hydrogen (secondary N) is 1. The van der Waals surface area contributed by atoms with E-state index in [0.717, 1.165) is 48.6 Å². The van der Waals surface area contributed by atoms with Gasteiger partial charge in [0.05, 0.1) is 6.10 Å². The van der Waals surface area contributed by atoms with Crippen molar-refractivity contribution >= 4 is 5.91 Å². The minimum Gasteiger partial charge on any atom is -0.479 e. The topological polar surface area (TPSA) is 69.3 Å². The molecule has 33 heavy (non-hydrogen) atoms. The van der Waals surface area contributed by atoms with Crippen LogP contribution in [0.5, 0.6) is 17.2 Å². The van der Waals surface area contributed by atoms with Crippen LogP contribution in [0.25, 0.3) is 0 Å². The molecule has 176 valence electrons. The minimum atomic E-state index is -0.679. The maximum atomic E-state index is 13.0. The normalized spacial score (nSPS) is 17.7. The van der Waals surface area contributed by atoms with E-state index in [-0.39, 0.29) is 18.8 Å². The zero-order chi connectivity index (χ0) is 23.0. The monoisotopic (exact) mass is 452 g/mol. The van der Waals surface area contributed by atoms with Gasteiger partial charge in [0, 0.05) is 32.8 Å². The van der Waals surface area contributed by atoms with E-state index in [1.165, 1.54) is 0 Å². The summed E-state index contributed by atoms with van der Waals surface area (Å²) in [6, 6.07) is 13.7. The summed E-state index contributed by atoms with van der Waals surface area (Å²) >= 11 is 0. The molecule has 7 nitrogen and oxygen atoms in total. The molecule has 2 aliphatic heterocycles. The molecular formula is C26H32N2O5. The summed E-state index contributed by atoms with van der Waals surface area (Å²) in [5.74, 6) is 2.02. The molecule has 2 heterocycles. The minimum absolute atomic E-state index is 0.148. The Hall–Kier alpha value is -3.03. The van der Waals surface area contributed by atoms with Gasteiger partial charge in [0.15, 0.2) is 17.6 Å². The van der Waals surface area contributed by atoms with Gasteiger partial charge in [0.2, 0.25) is 6.79 Å². The SMILES string of the molecule is C=CCNC(=O)C(CN(Cc1ccc2c(c1)OCO2)CC1CCCO1)Oc1cccc(C)c1. The molecule has 2 atom stereocenters. The maximum absolute atomic E-state index is 13.0. The van der Waals surface area contributed by atoms with Crippen LogP contribution in [0.3, 0.4) is 0 Å². The molecule has 1 amide bonds. The Morgan fingerprint density at radius 1 is 1.27 bits per heavy atom. The fourth-order valence-electron chi connectivity index (χ4n) is 4.13. The lowest BCUT2D eigenvalue weighted by atomic mass is 10.1. The summed E-state index contributed by atoms with van der Waals surface area (Å²) in [6.45, 7) is 8.90. The van der Waals surface area contributed by atoms with Crippen molar-refractivity contribution in [2.75, 3.05) is 33.0 Å². The highest BCUT2D eigenvalue weighted by molar-refractivity contribution is 5.81. The van der Waals surface area contributed by atoms with Gasteiger partial charge < -0.3 is 24.3 Å². The van der Waals surface area contributed by atoms with Crippen LogP contribution in [0, 0.1) is 6.92 Å². The first-order valence-electron chi connectivity index (χ1n) is 11.4. The Bertz CT molecular complexity index is 957. The first-order valence-corrected chi connectivity index (χ1v) is 11.4. The Kier molecular flexibility index (Phi) is 7.86. The molecule has 0 aromatic heterocycles. The molecule has 2 aromatic rings. The summed E-state index contributed by atoms with van der Waals surface area (Å²) in [5, 5.41) is 2.89. The Balaban J connectivity index is 1.52. The van der Waals surface area contributed by atoms with Gasteiger partial charge in [0.1, 0.15) is 5.75 Å². The molecule has 2 aliphatic rings. The fraction of sp³-hybridized carbons (Fsp3) is 0.423. The van der Waals surface area contributed by atoms with Gasteiger partial charge in [-0.25, -0.2) is 0 Å². The van der Waals surface area contributed by atoms with Crippen LogP contribution in [0.15, 0.2) is 55.1 Å². The predicted molar refractivity (Wildman–Crippen MR) is 126 cm³/mol. The van der Waals surface area contributed by atoms with E-state index in [0.29, 0.717) is 25.4 Å². The number of hydrogen-bond acceptors (Lipinski definition) is 6. The van der Waals surface area contributed by atoms with E-state index in [4.69, 9.17) is 18.9 Å². The van der Waals surface area contributed by atoms with Gasteiger partial charge in [-0.15, -0.1) is 6.58 Å². The molecule has 7 heteroatoms. The van der Waals surface area contributed by atoms with Crippen molar-refractivity contribution in [2.24, 2.45) is 0 Å². The standard InChI is InChI=1S/C26H32N2O5/c1-3-11-27-26(29)25(33-21-7-4-6-19(2)13-21)17-28(16-22-8-5-12-30-22)15-20-9-10-23-24(14-20)32-18-31-23/h3-4,6-7,9-10,13-14,22,25H,1,5,8,11-12,15-18H2,2H3,(H,27,29). The van der Waals surface area contributed by atoms with Crippen molar-refractivity contribution in [1.82, 2.24) is 10.2 Å². The third-order valence-electron chi connectivity index (χ3n) is 5.73. The number of benzene rings is 2. The zero-order valence-electron chi connectivity index (χ0n) is 19.1. The summed E-state index contributed by atoms with van der Waals surface area (Å²) in [4.78, 5) is 15.2. The average Bonchev–Trinajstić information content (AvgIpc) is 3.48. The number of rotatable bonds is 11. The van der Waals surface area contributed by atoms with Crippen LogP contribution in [0.2, 0.25) is 0 Å². The van der Waals surface area contributed by atoms with Crippen LogP contribution in [0.1, 0.15) is 24.0 Å². The Labute approximate surface area is 195 Å². The lowest BCUT2D eigenvalue weighted by Gasteiger charge is -2.29. The first kappa shape index (κ1) is 23.1. The second-order valence-corrected chi connectivity index (χ2v) is 8.47. The number of nitrogens with zero attached hydrogens (tertiary/aromatic N) is 1. The summed E-state index contributed by atoms with van der Waals surface area (Å²) in [6.07, 6.45) is 3.21. The summed E-state index contributed by atoms with van der Waals surface area (Å²) in [7, 11) is 0. The summed E-state index contributed by atoms with van der Waals surface area (Å²) in [5.41, 5.74) is 2.16. The van der Waals surface area contributed by atoms with E-state index in [9.17, 15) is 4.79 Å². The quantitative estimate of drug-likeness (QED) is 0.527. The van der Waals surface area contributed by atoms with Crippen LogP contribution in [-0.2, 0) is 16.1 Å². The third kappa shape index (κ3) is 6.49. The Morgan fingerprint density at radius 2 is 2.15 bits per heavy atom. The lowest BCUT2D eigenvalue weighted by Crippen LogP contribution is -2.47. The van der Waals surface area contributed by atoms with Gasteiger partial charge in [0.25, 0.3) is 5.91 Å². The van der Waals surface area contributed by atoms with Gasteiger partial charge in [-0.05, 0) is 55.2 Å². The van der Waals surface area contributed by atoms with Crippen LogP contribution >= 0.6 is 0 Å². The first-order chi connectivity index (χ1) is 16.1. The summed E-state index contributed by atoms with van der Waals surface area (Å²) < 4.78 is 23.1. The van der Waals surface area contributed by atoms with Crippen molar-refractivity contribution in [3.8, 4) is 17.2 Å². The molecule has 2 aromatic carbocycles. The van der Waals surface area contributed by atoms with Crippen molar-refractivity contribution in [3.63, 3.8) is 0 Å². The van der Waals surface area contributed by atoms with Gasteiger partial charge in [-0.3, -0.25) is 9.69 Å². The predicted octanol–water partition coefficient (Wildman–Crippen LogP) is 3.45. The van der Waals surface area contributed by atoms with Crippen molar-refractivity contribution < 1.29 is 23.7 Å². The molecule has 2 unspecified atom stereocenters. The van der Waals surface area contributed by atoms with Crippen molar-refractivity contribution in [2.45, 2.75) is 38.5 Å². The highest BCUT2D eigenvalue weighted by atomic mass is 16.7. The number of hydrogen-bond donors (Lipinski definition) is 1. The molecule has 0 saturated carbocycles. The van der Waals surface area contributed by atoms with Gasteiger partial charge >= 0.3 is 0 Å². The highest BCUT2D eigenvalue weighted by Crippen LogP contribution is 2.33. The van der Waals surface area contributed by atoms with Crippen molar-refractivity contribution in [1.29, 1.82) is 0 Å². The molecule has 0 radical (unpaired) electrons. The van der Waals surface area contributed by atoms with Crippen LogP contribution < -0.4 is 19.5 Å². The Morgan fingerprint density at radius 3 is 2.94 bits per heavy atom. The number of carbonyl (C=O) groups is 1. The molecule has 0 spiro atoms. The third-order valence-corrected chi connectivity index (χ3v) is 5.73.